The van der Waals surface area contributed by atoms with Gasteiger partial charge >= 0.3 is 18.3 Å². The van der Waals surface area contributed by atoms with Crippen molar-refractivity contribution < 1.29 is 28.6 Å². The molecule has 2 atom stereocenters. The van der Waals surface area contributed by atoms with Crippen LogP contribution in [0.25, 0.3) is 0 Å². The van der Waals surface area contributed by atoms with Crippen LogP contribution in [0.3, 0.4) is 0 Å². The number of hydrogen-bond donors (Lipinski definition) is 3. The summed E-state index contributed by atoms with van der Waals surface area (Å²) < 4.78 is 17.5. The first-order chi connectivity index (χ1) is 26.5. The maximum atomic E-state index is 13.1. The highest BCUT2D eigenvalue weighted by Gasteiger charge is 2.50. The number of amides is 3. The van der Waals surface area contributed by atoms with Gasteiger partial charge in [0.15, 0.2) is 5.60 Å². The molecule has 0 bridgehead atoms. The van der Waals surface area contributed by atoms with Crippen LogP contribution >= 0.6 is 0 Å². The van der Waals surface area contributed by atoms with Crippen molar-refractivity contribution in [2.45, 2.75) is 244 Å². The van der Waals surface area contributed by atoms with Gasteiger partial charge in [0.05, 0.1) is 0 Å². The van der Waals surface area contributed by atoms with Crippen molar-refractivity contribution in [3.63, 3.8) is 0 Å². The molecule has 1 saturated carbocycles. The maximum Gasteiger partial charge on any atom is 0.407 e. The SMILES string of the molecule is CCCCCCCCCCCCNC(=O)OCC1(OC(=O)NCCCCCCCCCCCC)CCCC1OC(=O)NCCCCCCCCCCCC. The van der Waals surface area contributed by atoms with Crippen molar-refractivity contribution in [3.05, 3.63) is 0 Å². The lowest BCUT2D eigenvalue weighted by atomic mass is 10.0. The van der Waals surface area contributed by atoms with Crippen LogP contribution in [0.15, 0.2) is 0 Å². The molecule has 0 aromatic carbocycles. The summed E-state index contributed by atoms with van der Waals surface area (Å²) in [5.74, 6) is 0. The zero-order valence-electron chi connectivity index (χ0n) is 35.7. The van der Waals surface area contributed by atoms with E-state index in [9.17, 15) is 14.4 Å². The van der Waals surface area contributed by atoms with Gasteiger partial charge in [-0.1, -0.05) is 194 Å². The van der Waals surface area contributed by atoms with Gasteiger partial charge in [-0.15, -0.1) is 0 Å². The lowest BCUT2D eigenvalue weighted by molar-refractivity contribution is -0.0962. The molecule has 318 valence electrons. The summed E-state index contributed by atoms with van der Waals surface area (Å²) in [6.07, 6.45) is 36.3. The predicted molar refractivity (Wildman–Crippen MR) is 224 cm³/mol. The van der Waals surface area contributed by atoms with E-state index in [0.29, 0.717) is 38.9 Å². The Labute approximate surface area is 332 Å². The third-order valence-electron chi connectivity index (χ3n) is 11.0. The number of ether oxygens (including phenoxy) is 3. The molecule has 0 radical (unpaired) electrons. The molecule has 3 amide bonds. The van der Waals surface area contributed by atoms with Crippen molar-refractivity contribution in [3.8, 4) is 0 Å². The minimum Gasteiger partial charge on any atom is -0.445 e. The van der Waals surface area contributed by atoms with Crippen LogP contribution < -0.4 is 16.0 Å². The molecular formula is C45H87N3O6. The van der Waals surface area contributed by atoms with E-state index < -0.39 is 30.0 Å². The third kappa shape index (κ3) is 28.3. The molecule has 2 unspecified atom stereocenters. The topological polar surface area (TPSA) is 115 Å². The quantitative estimate of drug-likeness (QED) is 0.0428. The Balaban J connectivity index is 2.49. The van der Waals surface area contributed by atoms with Crippen LogP contribution in [0, 0.1) is 0 Å². The summed E-state index contributed by atoms with van der Waals surface area (Å²) in [4.78, 5) is 38.7. The number of unbranched alkanes of at least 4 members (excludes halogenated alkanes) is 27. The average Bonchev–Trinajstić information content (AvgIpc) is 3.54. The van der Waals surface area contributed by atoms with Crippen molar-refractivity contribution in [1.29, 1.82) is 0 Å². The van der Waals surface area contributed by atoms with Gasteiger partial charge in [0.2, 0.25) is 0 Å². The van der Waals surface area contributed by atoms with Gasteiger partial charge in [0.25, 0.3) is 0 Å². The zero-order valence-corrected chi connectivity index (χ0v) is 35.7. The molecule has 0 heterocycles. The van der Waals surface area contributed by atoms with Gasteiger partial charge in [-0.25, -0.2) is 14.4 Å². The fourth-order valence-electron chi connectivity index (χ4n) is 7.53. The van der Waals surface area contributed by atoms with E-state index in [-0.39, 0.29) is 6.61 Å². The number of rotatable bonds is 37. The third-order valence-corrected chi connectivity index (χ3v) is 11.0. The van der Waals surface area contributed by atoms with Crippen molar-refractivity contribution in [2.24, 2.45) is 0 Å². The second-order valence-corrected chi connectivity index (χ2v) is 16.1. The van der Waals surface area contributed by atoms with E-state index in [2.05, 4.69) is 36.7 Å². The Morgan fingerprint density at radius 3 is 1.19 bits per heavy atom. The molecule has 0 aliphatic heterocycles. The van der Waals surface area contributed by atoms with Gasteiger partial charge < -0.3 is 30.2 Å². The van der Waals surface area contributed by atoms with Gasteiger partial charge in [0, 0.05) is 19.6 Å². The second-order valence-electron chi connectivity index (χ2n) is 16.1. The van der Waals surface area contributed by atoms with Crippen LogP contribution in [0.5, 0.6) is 0 Å². The highest BCUT2D eigenvalue weighted by atomic mass is 16.6. The predicted octanol–water partition coefficient (Wildman–Crippen LogP) is 13.2. The monoisotopic (exact) mass is 766 g/mol. The lowest BCUT2D eigenvalue weighted by Crippen LogP contribution is -2.52. The minimum absolute atomic E-state index is 0.154. The van der Waals surface area contributed by atoms with Gasteiger partial charge in [-0.2, -0.15) is 0 Å². The molecule has 1 fully saturated rings. The van der Waals surface area contributed by atoms with Crippen molar-refractivity contribution >= 4 is 18.3 Å². The second kappa shape index (κ2) is 36.4. The highest BCUT2D eigenvalue weighted by molar-refractivity contribution is 5.69. The molecule has 3 N–H and O–H groups in total. The first-order valence-corrected chi connectivity index (χ1v) is 23.3. The Morgan fingerprint density at radius 2 is 0.796 bits per heavy atom. The largest absolute Gasteiger partial charge is 0.445 e. The van der Waals surface area contributed by atoms with Crippen LogP contribution in [0.1, 0.15) is 233 Å². The summed E-state index contributed by atoms with van der Waals surface area (Å²) in [6.45, 7) is 8.20. The molecule has 9 heteroatoms. The van der Waals surface area contributed by atoms with E-state index in [1.165, 1.54) is 154 Å². The smallest absolute Gasteiger partial charge is 0.407 e. The van der Waals surface area contributed by atoms with Crippen molar-refractivity contribution in [1.82, 2.24) is 16.0 Å². The zero-order chi connectivity index (χ0) is 39.2. The molecule has 0 aromatic rings. The summed E-state index contributed by atoms with van der Waals surface area (Å²) in [5, 5.41) is 8.65. The number of nitrogens with one attached hydrogen (secondary N) is 3. The van der Waals surface area contributed by atoms with Gasteiger partial charge in [-0.3, -0.25) is 0 Å². The first-order valence-electron chi connectivity index (χ1n) is 23.3. The van der Waals surface area contributed by atoms with E-state index in [1.807, 2.05) is 0 Å². The summed E-state index contributed by atoms with van der Waals surface area (Å²) in [5.41, 5.74) is -1.22. The molecule has 1 aliphatic carbocycles. The molecule has 0 spiro atoms. The summed E-state index contributed by atoms with van der Waals surface area (Å²) >= 11 is 0. The van der Waals surface area contributed by atoms with Crippen LogP contribution in [0.2, 0.25) is 0 Å². The fourth-order valence-corrected chi connectivity index (χ4v) is 7.53. The molecule has 9 nitrogen and oxygen atoms in total. The van der Waals surface area contributed by atoms with E-state index in [0.717, 1.165) is 38.5 Å². The summed E-state index contributed by atoms with van der Waals surface area (Å²) in [7, 11) is 0. The first kappa shape index (κ1) is 49.8. The number of carbonyl (C=O) groups is 3. The number of carbonyl (C=O) groups excluding carboxylic acids is 3. The summed E-state index contributed by atoms with van der Waals surface area (Å²) in [6, 6.07) is 0. The fraction of sp³-hybridized carbons (Fsp3) is 0.933. The van der Waals surface area contributed by atoms with Gasteiger partial charge in [0.1, 0.15) is 12.7 Å². The molecule has 0 saturated heterocycles. The normalized spacial score (nSPS) is 16.6. The molecule has 54 heavy (non-hydrogen) atoms. The number of alkyl carbamates (subject to hydrolysis) is 3. The minimum atomic E-state index is -1.22. The Kier molecular flexibility index (Phi) is 33.6. The Hall–Kier alpha value is -2.19. The number of hydrogen-bond acceptors (Lipinski definition) is 6. The average molecular weight is 766 g/mol. The molecule has 0 aromatic heterocycles. The van der Waals surface area contributed by atoms with E-state index >= 15 is 0 Å². The molecule has 1 rings (SSSR count). The Morgan fingerprint density at radius 1 is 0.463 bits per heavy atom. The maximum absolute atomic E-state index is 13.1. The van der Waals surface area contributed by atoms with E-state index in [1.54, 1.807) is 0 Å². The van der Waals surface area contributed by atoms with E-state index in [4.69, 9.17) is 14.2 Å². The van der Waals surface area contributed by atoms with Gasteiger partial charge in [-0.05, 0) is 38.5 Å². The molecular weight excluding hydrogens is 679 g/mol. The van der Waals surface area contributed by atoms with Crippen LogP contribution in [-0.2, 0) is 14.2 Å². The van der Waals surface area contributed by atoms with Crippen LogP contribution in [-0.4, -0.2) is 56.2 Å². The highest BCUT2D eigenvalue weighted by Crippen LogP contribution is 2.36. The molecule has 1 aliphatic rings. The van der Waals surface area contributed by atoms with Crippen molar-refractivity contribution in [2.75, 3.05) is 26.2 Å². The van der Waals surface area contributed by atoms with Crippen LogP contribution in [0.4, 0.5) is 14.4 Å². The lowest BCUT2D eigenvalue weighted by Gasteiger charge is -2.33. The standard InChI is InChI=1S/C45H87N3O6/c1-4-7-10-13-16-19-22-25-28-31-37-46-42(49)52-40-45(54-44(51)48-39-33-30-27-24-21-18-15-12-9-6-3)36-34-35-41(45)53-43(50)47-38-32-29-26-23-20-17-14-11-8-5-2/h41H,4-40H2,1-3H3,(H,46,49)(H,47,50)(H,48,51). The Bertz CT molecular complexity index is 889.